The first-order valence-corrected chi connectivity index (χ1v) is 5.79. The van der Waals surface area contributed by atoms with Crippen molar-refractivity contribution in [2.45, 2.75) is 26.4 Å². The van der Waals surface area contributed by atoms with E-state index >= 15 is 0 Å². The number of rotatable bonds is 4. The van der Waals surface area contributed by atoms with Crippen LogP contribution in [0.3, 0.4) is 0 Å². The SMILES string of the molecule is CC(C)(C)OC(=O)CO/N=C/c1c[c]ccc1Cl. The van der Waals surface area contributed by atoms with E-state index in [9.17, 15) is 4.79 Å². The molecule has 4 nitrogen and oxygen atoms in total. The highest BCUT2D eigenvalue weighted by molar-refractivity contribution is 6.33. The maximum atomic E-state index is 11.3. The predicted molar refractivity (Wildman–Crippen MR) is 69.7 cm³/mol. The van der Waals surface area contributed by atoms with Gasteiger partial charge in [0.1, 0.15) is 5.60 Å². The van der Waals surface area contributed by atoms with Gasteiger partial charge in [-0.25, -0.2) is 4.79 Å². The normalized spacial score (nSPS) is 11.6. The highest BCUT2D eigenvalue weighted by atomic mass is 35.5. The number of oxime groups is 1. The zero-order valence-corrected chi connectivity index (χ0v) is 11.3. The number of esters is 1. The summed E-state index contributed by atoms with van der Waals surface area (Å²) in [6.07, 6.45) is 1.42. The molecule has 0 fully saturated rings. The third-order valence-corrected chi connectivity index (χ3v) is 2.05. The molecule has 0 atom stereocenters. The molecule has 1 rings (SSSR count). The molecule has 18 heavy (non-hydrogen) atoms. The monoisotopic (exact) mass is 268 g/mol. The van der Waals surface area contributed by atoms with Crippen molar-refractivity contribution in [3.8, 4) is 0 Å². The molecule has 0 aliphatic rings. The zero-order chi connectivity index (χ0) is 13.6. The first-order valence-electron chi connectivity index (χ1n) is 5.41. The molecule has 0 spiro atoms. The number of carbonyl (C=O) groups is 1. The highest BCUT2D eigenvalue weighted by Gasteiger charge is 2.16. The standard InChI is InChI=1S/C13H15ClNO3/c1-13(2,3)18-12(16)9-17-15-8-10-6-4-5-7-11(10)14/h5-8H,9H2,1-3H3/b15-8+. The molecule has 0 aliphatic carbocycles. The lowest BCUT2D eigenvalue weighted by molar-refractivity contribution is -0.160. The van der Waals surface area contributed by atoms with Crippen LogP contribution < -0.4 is 0 Å². The summed E-state index contributed by atoms with van der Waals surface area (Å²) >= 11 is 5.89. The molecule has 0 N–H and O–H groups in total. The van der Waals surface area contributed by atoms with Gasteiger partial charge in [-0.3, -0.25) is 0 Å². The molecule has 1 aromatic carbocycles. The topological polar surface area (TPSA) is 47.9 Å². The Kier molecular flexibility index (Phi) is 5.16. The van der Waals surface area contributed by atoms with Gasteiger partial charge in [0.05, 0.1) is 6.21 Å². The minimum atomic E-state index is -0.526. The Hall–Kier alpha value is -1.55. The summed E-state index contributed by atoms with van der Waals surface area (Å²) in [4.78, 5) is 16.1. The van der Waals surface area contributed by atoms with Crippen molar-refractivity contribution in [3.05, 3.63) is 34.9 Å². The average Bonchev–Trinajstić information content (AvgIpc) is 2.24. The van der Waals surface area contributed by atoms with Crippen molar-refractivity contribution in [2.75, 3.05) is 6.61 Å². The van der Waals surface area contributed by atoms with E-state index in [0.717, 1.165) is 0 Å². The molecule has 5 heteroatoms. The van der Waals surface area contributed by atoms with Gasteiger partial charge in [0.15, 0.2) is 0 Å². The van der Waals surface area contributed by atoms with Crippen LogP contribution in [-0.4, -0.2) is 24.4 Å². The lowest BCUT2D eigenvalue weighted by Gasteiger charge is -2.18. The number of benzene rings is 1. The zero-order valence-electron chi connectivity index (χ0n) is 10.6. The van der Waals surface area contributed by atoms with E-state index < -0.39 is 11.6 Å². The molecule has 0 unspecified atom stereocenters. The van der Waals surface area contributed by atoms with E-state index in [4.69, 9.17) is 21.2 Å². The molecule has 0 saturated carbocycles. The second-order valence-corrected chi connectivity index (χ2v) is 4.95. The van der Waals surface area contributed by atoms with E-state index in [2.05, 4.69) is 11.2 Å². The molecule has 0 aromatic heterocycles. The lowest BCUT2D eigenvalue weighted by Crippen LogP contribution is -2.26. The number of hydrogen-bond acceptors (Lipinski definition) is 4. The Morgan fingerprint density at radius 2 is 2.28 bits per heavy atom. The molecule has 1 aromatic rings. The summed E-state index contributed by atoms with van der Waals surface area (Å²) < 4.78 is 5.04. The Labute approximate surface area is 112 Å². The third kappa shape index (κ3) is 5.68. The number of hydrogen-bond donors (Lipinski definition) is 0. The summed E-state index contributed by atoms with van der Waals surface area (Å²) in [6, 6.07) is 7.92. The minimum absolute atomic E-state index is 0.234. The summed E-state index contributed by atoms with van der Waals surface area (Å²) in [5, 5.41) is 4.18. The van der Waals surface area contributed by atoms with E-state index in [-0.39, 0.29) is 6.61 Å². The van der Waals surface area contributed by atoms with Gasteiger partial charge in [-0.15, -0.1) is 0 Å². The van der Waals surface area contributed by atoms with Gasteiger partial charge in [-0.1, -0.05) is 22.8 Å². The molecule has 97 valence electrons. The Balaban J connectivity index is 2.38. The van der Waals surface area contributed by atoms with Crippen molar-refractivity contribution in [2.24, 2.45) is 5.16 Å². The number of halogens is 1. The van der Waals surface area contributed by atoms with Crippen LogP contribution in [0.25, 0.3) is 0 Å². The van der Waals surface area contributed by atoms with Crippen LogP contribution in [-0.2, 0) is 14.4 Å². The largest absolute Gasteiger partial charge is 0.457 e. The quantitative estimate of drug-likeness (QED) is 0.479. The maximum absolute atomic E-state index is 11.3. The lowest BCUT2D eigenvalue weighted by atomic mass is 10.2. The fourth-order valence-corrected chi connectivity index (χ4v) is 1.24. The van der Waals surface area contributed by atoms with Gasteiger partial charge < -0.3 is 9.57 Å². The molecule has 1 radical (unpaired) electrons. The van der Waals surface area contributed by atoms with Crippen molar-refractivity contribution in [3.63, 3.8) is 0 Å². The third-order valence-electron chi connectivity index (χ3n) is 1.71. The fraction of sp³-hybridized carbons (Fsp3) is 0.385. The predicted octanol–water partition coefficient (Wildman–Crippen LogP) is 2.83. The van der Waals surface area contributed by atoms with E-state index in [1.165, 1.54) is 6.21 Å². The second-order valence-electron chi connectivity index (χ2n) is 4.54. The van der Waals surface area contributed by atoms with Crippen molar-refractivity contribution in [1.82, 2.24) is 0 Å². The fourth-order valence-electron chi connectivity index (χ4n) is 1.08. The molecular formula is C13H15ClNO3. The maximum Gasteiger partial charge on any atom is 0.347 e. The number of nitrogens with zero attached hydrogens (tertiary/aromatic N) is 1. The van der Waals surface area contributed by atoms with Gasteiger partial charge in [0.2, 0.25) is 6.61 Å². The van der Waals surface area contributed by atoms with Gasteiger partial charge in [0.25, 0.3) is 0 Å². The van der Waals surface area contributed by atoms with Crippen LogP contribution in [0.2, 0.25) is 5.02 Å². The molecule has 0 bridgehead atoms. The Morgan fingerprint density at radius 3 is 2.89 bits per heavy atom. The van der Waals surface area contributed by atoms with E-state index in [1.54, 1.807) is 39.0 Å². The summed E-state index contributed by atoms with van der Waals surface area (Å²) in [5.41, 5.74) is 0.144. The number of ether oxygens (including phenoxy) is 1. The summed E-state index contributed by atoms with van der Waals surface area (Å²) in [7, 11) is 0. The van der Waals surface area contributed by atoms with Crippen LogP contribution in [0.5, 0.6) is 0 Å². The molecular weight excluding hydrogens is 254 g/mol. The van der Waals surface area contributed by atoms with E-state index in [0.29, 0.717) is 10.6 Å². The smallest absolute Gasteiger partial charge is 0.347 e. The van der Waals surface area contributed by atoms with Gasteiger partial charge in [-0.2, -0.15) is 0 Å². The number of carbonyl (C=O) groups excluding carboxylic acids is 1. The van der Waals surface area contributed by atoms with Crippen molar-refractivity contribution in [1.29, 1.82) is 0 Å². The van der Waals surface area contributed by atoms with Gasteiger partial charge in [-0.05, 0) is 39.0 Å². The summed E-state index contributed by atoms with van der Waals surface area (Å²) in [5.74, 6) is -0.467. The summed E-state index contributed by atoms with van der Waals surface area (Å²) in [6.45, 7) is 5.12. The van der Waals surface area contributed by atoms with Gasteiger partial charge in [0, 0.05) is 10.6 Å². The van der Waals surface area contributed by atoms with Crippen LogP contribution in [0.15, 0.2) is 23.4 Å². The first kappa shape index (κ1) is 14.5. The van der Waals surface area contributed by atoms with E-state index in [1.807, 2.05) is 0 Å². The van der Waals surface area contributed by atoms with Crippen LogP contribution in [0.1, 0.15) is 26.3 Å². The molecule has 0 heterocycles. The van der Waals surface area contributed by atoms with Gasteiger partial charge >= 0.3 is 5.97 Å². The van der Waals surface area contributed by atoms with Crippen molar-refractivity contribution >= 4 is 23.8 Å². The molecule has 0 aliphatic heterocycles. The molecule has 0 saturated heterocycles. The van der Waals surface area contributed by atoms with Crippen LogP contribution in [0.4, 0.5) is 0 Å². The second kappa shape index (κ2) is 6.40. The Bertz CT molecular complexity index is 438. The van der Waals surface area contributed by atoms with Crippen molar-refractivity contribution < 1.29 is 14.4 Å². The highest BCUT2D eigenvalue weighted by Crippen LogP contribution is 2.12. The Morgan fingerprint density at radius 1 is 1.56 bits per heavy atom. The minimum Gasteiger partial charge on any atom is -0.457 e. The molecule has 0 amide bonds. The van der Waals surface area contributed by atoms with Crippen LogP contribution >= 0.6 is 11.6 Å². The van der Waals surface area contributed by atoms with Crippen LogP contribution in [0, 0.1) is 6.07 Å². The first-order chi connectivity index (χ1) is 8.38. The average molecular weight is 269 g/mol.